The lowest BCUT2D eigenvalue weighted by atomic mass is 10.1. The second-order valence-corrected chi connectivity index (χ2v) is 5.53. The molecule has 0 radical (unpaired) electrons. The van der Waals surface area contributed by atoms with Crippen molar-refractivity contribution in [1.29, 1.82) is 0 Å². The number of nitrogens with zero attached hydrogens (tertiary/aromatic N) is 1. The van der Waals surface area contributed by atoms with Gasteiger partial charge in [-0.25, -0.2) is 0 Å². The minimum atomic E-state index is -0.242. The number of carbonyl (C=O) groups is 1. The summed E-state index contributed by atoms with van der Waals surface area (Å²) in [5.74, 6) is 0.391. The molecule has 1 saturated heterocycles. The average Bonchev–Trinajstić information content (AvgIpc) is 3.15. The number of pyridine rings is 1. The summed E-state index contributed by atoms with van der Waals surface area (Å²) >= 11 is 0. The Labute approximate surface area is 112 Å². The maximum absolute atomic E-state index is 11.9. The van der Waals surface area contributed by atoms with E-state index in [9.17, 15) is 9.59 Å². The van der Waals surface area contributed by atoms with Gasteiger partial charge in [0.25, 0.3) is 5.91 Å². The van der Waals surface area contributed by atoms with E-state index in [1.807, 2.05) is 0 Å². The molecule has 1 aromatic heterocycles. The van der Waals surface area contributed by atoms with E-state index in [0.717, 1.165) is 25.6 Å². The van der Waals surface area contributed by atoms with Crippen molar-refractivity contribution in [1.82, 2.24) is 15.2 Å². The topological polar surface area (TPSA) is 65.2 Å². The molecule has 1 atom stereocenters. The predicted molar refractivity (Wildman–Crippen MR) is 72.1 cm³/mol. The third-order valence-corrected chi connectivity index (χ3v) is 3.97. The normalized spacial score (nSPS) is 23.5. The van der Waals surface area contributed by atoms with Gasteiger partial charge in [-0.05, 0) is 37.8 Å². The highest BCUT2D eigenvalue weighted by Crippen LogP contribution is 2.31. The van der Waals surface area contributed by atoms with Crippen LogP contribution in [0.25, 0.3) is 0 Å². The SMILES string of the molecule is O=C(NCC1CCN(C2CC2)C1)c1cc[nH]c(=O)c1. The molecule has 2 aliphatic rings. The maximum atomic E-state index is 11.9. The molecule has 19 heavy (non-hydrogen) atoms. The van der Waals surface area contributed by atoms with E-state index in [0.29, 0.717) is 18.0 Å². The number of hydrogen-bond donors (Lipinski definition) is 2. The van der Waals surface area contributed by atoms with Gasteiger partial charge >= 0.3 is 0 Å². The quantitative estimate of drug-likeness (QED) is 0.833. The molecule has 102 valence electrons. The molecule has 2 heterocycles. The van der Waals surface area contributed by atoms with Crippen molar-refractivity contribution >= 4 is 5.91 Å². The smallest absolute Gasteiger partial charge is 0.251 e. The lowest BCUT2D eigenvalue weighted by molar-refractivity contribution is 0.0947. The number of rotatable bonds is 4. The molecule has 1 unspecified atom stereocenters. The molecule has 3 rings (SSSR count). The number of amides is 1. The van der Waals surface area contributed by atoms with Crippen LogP contribution >= 0.6 is 0 Å². The Morgan fingerprint density at radius 1 is 1.42 bits per heavy atom. The van der Waals surface area contributed by atoms with Crippen LogP contribution in [-0.2, 0) is 0 Å². The van der Waals surface area contributed by atoms with Crippen LogP contribution in [0.5, 0.6) is 0 Å². The Morgan fingerprint density at radius 3 is 3.00 bits per heavy atom. The maximum Gasteiger partial charge on any atom is 0.251 e. The number of carbonyl (C=O) groups excluding carboxylic acids is 1. The highest BCUT2D eigenvalue weighted by molar-refractivity contribution is 5.93. The molecule has 1 aromatic rings. The number of hydrogen-bond acceptors (Lipinski definition) is 3. The Kier molecular flexibility index (Phi) is 3.38. The van der Waals surface area contributed by atoms with Gasteiger partial charge < -0.3 is 15.2 Å². The Bertz CT molecular complexity index is 521. The second kappa shape index (κ2) is 5.17. The Balaban J connectivity index is 1.49. The van der Waals surface area contributed by atoms with Gasteiger partial charge in [0.2, 0.25) is 5.56 Å². The molecule has 1 aliphatic heterocycles. The summed E-state index contributed by atoms with van der Waals surface area (Å²) in [7, 11) is 0. The number of H-pyrrole nitrogens is 1. The molecule has 1 aliphatic carbocycles. The first-order valence-electron chi connectivity index (χ1n) is 6.93. The highest BCUT2D eigenvalue weighted by atomic mass is 16.2. The van der Waals surface area contributed by atoms with Crippen molar-refractivity contribution in [2.45, 2.75) is 25.3 Å². The molecule has 0 bridgehead atoms. The van der Waals surface area contributed by atoms with Crippen LogP contribution in [0.1, 0.15) is 29.6 Å². The van der Waals surface area contributed by atoms with Crippen molar-refractivity contribution in [3.8, 4) is 0 Å². The number of nitrogens with one attached hydrogen (secondary N) is 2. The van der Waals surface area contributed by atoms with Crippen molar-refractivity contribution in [2.75, 3.05) is 19.6 Å². The largest absolute Gasteiger partial charge is 0.352 e. The van der Waals surface area contributed by atoms with Crippen LogP contribution in [0, 0.1) is 5.92 Å². The third kappa shape index (κ3) is 3.04. The van der Waals surface area contributed by atoms with Gasteiger partial charge in [-0.15, -0.1) is 0 Å². The van der Waals surface area contributed by atoms with Gasteiger partial charge in [-0.1, -0.05) is 0 Å². The lowest BCUT2D eigenvalue weighted by Gasteiger charge is -2.15. The first-order chi connectivity index (χ1) is 9.22. The van der Waals surface area contributed by atoms with E-state index in [1.165, 1.54) is 25.1 Å². The van der Waals surface area contributed by atoms with Crippen molar-refractivity contribution in [3.63, 3.8) is 0 Å². The van der Waals surface area contributed by atoms with E-state index < -0.39 is 0 Å². The number of likely N-dealkylation sites (tertiary alicyclic amines) is 1. The molecule has 5 nitrogen and oxygen atoms in total. The molecule has 2 N–H and O–H groups in total. The molecule has 0 spiro atoms. The molecule has 2 fully saturated rings. The summed E-state index contributed by atoms with van der Waals surface area (Å²) in [5.41, 5.74) is 0.189. The fourth-order valence-corrected chi connectivity index (χ4v) is 2.73. The first kappa shape index (κ1) is 12.4. The van der Waals surface area contributed by atoms with Gasteiger partial charge in [0.15, 0.2) is 0 Å². The van der Waals surface area contributed by atoms with E-state index in [4.69, 9.17) is 0 Å². The minimum absolute atomic E-state index is 0.157. The van der Waals surface area contributed by atoms with Gasteiger partial charge in [0.1, 0.15) is 0 Å². The first-order valence-corrected chi connectivity index (χ1v) is 6.93. The van der Waals surface area contributed by atoms with Crippen molar-refractivity contribution in [2.24, 2.45) is 5.92 Å². The van der Waals surface area contributed by atoms with E-state index in [-0.39, 0.29) is 11.5 Å². The average molecular weight is 261 g/mol. The fourth-order valence-electron chi connectivity index (χ4n) is 2.73. The van der Waals surface area contributed by atoms with Crippen LogP contribution in [0.3, 0.4) is 0 Å². The molecule has 1 amide bonds. The zero-order valence-corrected chi connectivity index (χ0v) is 10.9. The molecule has 1 saturated carbocycles. The summed E-state index contributed by atoms with van der Waals surface area (Å²) in [6, 6.07) is 3.77. The molecular formula is C14H19N3O2. The van der Waals surface area contributed by atoms with Gasteiger partial charge in [0.05, 0.1) is 0 Å². The van der Waals surface area contributed by atoms with Crippen LogP contribution in [0.4, 0.5) is 0 Å². The van der Waals surface area contributed by atoms with Gasteiger partial charge in [-0.3, -0.25) is 9.59 Å². The van der Waals surface area contributed by atoms with Crippen LogP contribution in [-0.4, -0.2) is 41.5 Å². The summed E-state index contributed by atoms with van der Waals surface area (Å²) in [5, 5.41) is 2.93. The summed E-state index contributed by atoms with van der Waals surface area (Å²) in [6.45, 7) is 2.96. The summed E-state index contributed by atoms with van der Waals surface area (Å²) in [6.07, 6.45) is 5.34. The summed E-state index contributed by atoms with van der Waals surface area (Å²) < 4.78 is 0. The van der Waals surface area contributed by atoms with E-state index >= 15 is 0 Å². The summed E-state index contributed by atoms with van der Waals surface area (Å²) in [4.78, 5) is 28.1. The van der Waals surface area contributed by atoms with Gasteiger partial charge in [-0.2, -0.15) is 0 Å². The predicted octanol–water partition coefficient (Wildman–Crippen LogP) is 0.589. The minimum Gasteiger partial charge on any atom is -0.352 e. The number of aromatic nitrogens is 1. The van der Waals surface area contributed by atoms with Crippen LogP contribution in [0.2, 0.25) is 0 Å². The van der Waals surface area contributed by atoms with Crippen LogP contribution in [0.15, 0.2) is 23.1 Å². The second-order valence-electron chi connectivity index (χ2n) is 5.53. The standard InChI is InChI=1S/C14H19N3O2/c18-13-7-11(3-5-15-13)14(19)16-8-10-4-6-17(9-10)12-1-2-12/h3,5,7,10,12H,1-2,4,6,8-9H2,(H,15,18)(H,16,19). The van der Waals surface area contributed by atoms with E-state index in [2.05, 4.69) is 15.2 Å². The monoisotopic (exact) mass is 261 g/mol. The molecular weight excluding hydrogens is 242 g/mol. The molecule has 5 heteroatoms. The lowest BCUT2D eigenvalue weighted by Crippen LogP contribution is -2.32. The van der Waals surface area contributed by atoms with Crippen molar-refractivity contribution < 1.29 is 4.79 Å². The Hall–Kier alpha value is -1.62. The number of aromatic amines is 1. The van der Waals surface area contributed by atoms with E-state index in [1.54, 1.807) is 6.07 Å². The zero-order chi connectivity index (χ0) is 13.2. The third-order valence-electron chi connectivity index (χ3n) is 3.97. The fraction of sp³-hybridized carbons (Fsp3) is 0.571. The zero-order valence-electron chi connectivity index (χ0n) is 10.9. The van der Waals surface area contributed by atoms with Gasteiger partial charge in [0, 0.05) is 37.0 Å². The molecule has 0 aromatic carbocycles. The highest BCUT2D eigenvalue weighted by Gasteiger charge is 2.34. The van der Waals surface area contributed by atoms with Crippen molar-refractivity contribution in [3.05, 3.63) is 34.2 Å². The Morgan fingerprint density at radius 2 is 2.26 bits per heavy atom. The van der Waals surface area contributed by atoms with Crippen LogP contribution < -0.4 is 10.9 Å².